The molecule has 1 amide bonds. The summed E-state index contributed by atoms with van der Waals surface area (Å²) in [5.41, 5.74) is -0.474. The van der Waals surface area contributed by atoms with Gasteiger partial charge < -0.3 is 10.1 Å². The van der Waals surface area contributed by atoms with Crippen LogP contribution in [0.25, 0.3) is 0 Å². The summed E-state index contributed by atoms with van der Waals surface area (Å²) in [7, 11) is 1.48. The Kier molecular flexibility index (Phi) is 5.60. The van der Waals surface area contributed by atoms with Crippen molar-refractivity contribution < 1.29 is 17.9 Å². The van der Waals surface area contributed by atoms with Gasteiger partial charge in [-0.1, -0.05) is 0 Å². The van der Waals surface area contributed by atoms with Crippen LogP contribution in [-0.2, 0) is 13.8 Å². The number of rotatable bonds is 6. The van der Waals surface area contributed by atoms with E-state index in [4.69, 9.17) is 15.4 Å². The van der Waals surface area contributed by atoms with Gasteiger partial charge in [-0.2, -0.15) is 0 Å². The molecule has 0 saturated heterocycles. The third-order valence-electron chi connectivity index (χ3n) is 2.57. The lowest BCUT2D eigenvalue weighted by atomic mass is 10.1. The third-order valence-corrected chi connectivity index (χ3v) is 5.20. The first-order valence-electron chi connectivity index (χ1n) is 6.04. The lowest BCUT2D eigenvalue weighted by molar-refractivity contribution is -0.00812. The second-order valence-electron chi connectivity index (χ2n) is 4.84. The Morgan fingerprint density at radius 3 is 2.55 bits per heavy atom. The van der Waals surface area contributed by atoms with Gasteiger partial charge in [0.1, 0.15) is 0 Å². The average Bonchev–Trinajstić information content (AvgIpc) is 2.68. The molecule has 5 nitrogen and oxygen atoms in total. The van der Waals surface area contributed by atoms with Crippen molar-refractivity contribution in [2.75, 3.05) is 13.2 Å². The fourth-order valence-electron chi connectivity index (χ4n) is 1.64. The van der Waals surface area contributed by atoms with Gasteiger partial charge in [0.05, 0.1) is 15.4 Å². The molecule has 0 unspecified atom stereocenters. The third kappa shape index (κ3) is 4.73. The zero-order valence-corrected chi connectivity index (χ0v) is 14.2. The minimum Gasteiger partial charge on any atom is -0.374 e. The topological polar surface area (TPSA) is 72.5 Å². The lowest BCUT2D eigenvalue weighted by Gasteiger charge is -2.24. The normalized spacial score (nSPS) is 12.4. The van der Waals surface area contributed by atoms with Crippen LogP contribution in [0, 0.1) is 6.92 Å². The SMILES string of the molecule is CCOC(C)(C)CNC(=O)c1cc(S(=O)(=O)Cl)c(C)s1. The van der Waals surface area contributed by atoms with Crippen LogP contribution >= 0.6 is 22.0 Å². The van der Waals surface area contributed by atoms with Crippen molar-refractivity contribution in [3.8, 4) is 0 Å². The number of aryl methyl sites for hydroxylation is 1. The van der Waals surface area contributed by atoms with E-state index in [1.54, 1.807) is 6.92 Å². The van der Waals surface area contributed by atoms with E-state index < -0.39 is 14.7 Å². The van der Waals surface area contributed by atoms with Crippen molar-refractivity contribution in [3.05, 3.63) is 15.8 Å². The summed E-state index contributed by atoms with van der Waals surface area (Å²) in [6, 6.07) is 1.30. The van der Waals surface area contributed by atoms with Crippen molar-refractivity contribution in [1.82, 2.24) is 5.32 Å². The maximum Gasteiger partial charge on any atom is 0.262 e. The van der Waals surface area contributed by atoms with Gasteiger partial charge in [0.2, 0.25) is 0 Å². The van der Waals surface area contributed by atoms with Crippen LogP contribution in [0.2, 0.25) is 0 Å². The van der Waals surface area contributed by atoms with Gasteiger partial charge in [0, 0.05) is 28.7 Å². The van der Waals surface area contributed by atoms with Crippen molar-refractivity contribution in [1.29, 1.82) is 0 Å². The number of halogens is 1. The fraction of sp³-hybridized carbons (Fsp3) is 0.583. The fourth-order valence-corrected chi connectivity index (χ4v) is 4.22. The highest BCUT2D eigenvalue weighted by atomic mass is 35.7. The Morgan fingerprint density at radius 2 is 2.10 bits per heavy atom. The molecule has 0 fully saturated rings. The smallest absolute Gasteiger partial charge is 0.262 e. The standard InChI is InChI=1S/C12H18ClNO4S2/c1-5-18-12(3,4)7-14-11(15)9-6-10(8(2)19-9)20(13,16)17/h6H,5,7H2,1-4H3,(H,14,15). The Hall–Kier alpha value is -0.630. The number of carbonyl (C=O) groups excluding carboxylic acids is 1. The molecular weight excluding hydrogens is 322 g/mol. The quantitative estimate of drug-likeness (QED) is 0.808. The van der Waals surface area contributed by atoms with E-state index in [1.165, 1.54) is 6.07 Å². The van der Waals surface area contributed by atoms with Gasteiger partial charge in [-0.05, 0) is 33.8 Å². The van der Waals surface area contributed by atoms with Crippen LogP contribution in [0.5, 0.6) is 0 Å². The molecule has 0 spiro atoms. The molecule has 1 rings (SSSR count). The summed E-state index contributed by atoms with van der Waals surface area (Å²) >= 11 is 1.10. The first-order valence-corrected chi connectivity index (χ1v) is 9.16. The number of hydrogen-bond donors (Lipinski definition) is 1. The lowest BCUT2D eigenvalue weighted by Crippen LogP contribution is -2.40. The number of nitrogens with one attached hydrogen (secondary N) is 1. The van der Waals surface area contributed by atoms with E-state index in [9.17, 15) is 13.2 Å². The second kappa shape index (κ2) is 6.43. The summed E-state index contributed by atoms with van der Waals surface area (Å²) in [6.07, 6.45) is 0. The zero-order chi connectivity index (χ0) is 15.6. The Morgan fingerprint density at radius 1 is 1.50 bits per heavy atom. The molecule has 1 N–H and O–H groups in total. The van der Waals surface area contributed by atoms with E-state index in [0.29, 0.717) is 22.9 Å². The van der Waals surface area contributed by atoms with Crippen LogP contribution in [0.3, 0.4) is 0 Å². The molecule has 1 aromatic heterocycles. The van der Waals surface area contributed by atoms with E-state index in [-0.39, 0.29) is 10.8 Å². The molecule has 0 aliphatic rings. The molecule has 0 radical (unpaired) electrons. The minimum atomic E-state index is -3.82. The average molecular weight is 340 g/mol. The van der Waals surface area contributed by atoms with Gasteiger partial charge in [0.25, 0.3) is 15.0 Å². The minimum absolute atomic E-state index is 0.0154. The summed E-state index contributed by atoms with van der Waals surface area (Å²) in [6.45, 7) is 8.11. The van der Waals surface area contributed by atoms with E-state index in [2.05, 4.69) is 5.32 Å². The molecule has 0 atom stereocenters. The summed E-state index contributed by atoms with van der Waals surface area (Å²) in [4.78, 5) is 12.8. The molecule has 114 valence electrons. The largest absolute Gasteiger partial charge is 0.374 e. The molecule has 20 heavy (non-hydrogen) atoms. The number of hydrogen-bond acceptors (Lipinski definition) is 5. The molecule has 0 aromatic carbocycles. The predicted octanol–water partition coefficient (Wildman–Crippen LogP) is 2.53. The highest BCUT2D eigenvalue weighted by Crippen LogP contribution is 2.28. The zero-order valence-electron chi connectivity index (χ0n) is 11.8. The van der Waals surface area contributed by atoms with Crippen LogP contribution < -0.4 is 5.32 Å². The summed E-state index contributed by atoms with van der Waals surface area (Å²) in [5.74, 6) is -0.336. The van der Waals surface area contributed by atoms with Crippen LogP contribution in [-0.4, -0.2) is 33.1 Å². The Labute approximate surface area is 127 Å². The molecule has 1 aromatic rings. The van der Waals surface area contributed by atoms with Crippen LogP contribution in [0.1, 0.15) is 35.3 Å². The number of carbonyl (C=O) groups is 1. The molecule has 0 saturated carbocycles. The van der Waals surface area contributed by atoms with Gasteiger partial charge in [-0.25, -0.2) is 8.42 Å². The van der Waals surface area contributed by atoms with Crippen molar-refractivity contribution in [2.45, 2.75) is 38.2 Å². The molecule has 0 aliphatic heterocycles. The maximum atomic E-state index is 12.0. The van der Waals surface area contributed by atoms with Gasteiger partial charge >= 0.3 is 0 Å². The molecule has 0 aliphatic carbocycles. The van der Waals surface area contributed by atoms with E-state index in [1.807, 2.05) is 20.8 Å². The number of ether oxygens (including phenoxy) is 1. The Balaban J connectivity index is 2.80. The van der Waals surface area contributed by atoms with E-state index >= 15 is 0 Å². The van der Waals surface area contributed by atoms with Gasteiger partial charge in [-0.15, -0.1) is 11.3 Å². The van der Waals surface area contributed by atoms with E-state index in [0.717, 1.165) is 11.3 Å². The molecule has 0 bridgehead atoms. The first-order chi connectivity index (χ1) is 9.07. The molecule has 1 heterocycles. The van der Waals surface area contributed by atoms with Crippen LogP contribution in [0.4, 0.5) is 0 Å². The van der Waals surface area contributed by atoms with Crippen molar-refractivity contribution >= 4 is 37.0 Å². The monoisotopic (exact) mass is 339 g/mol. The van der Waals surface area contributed by atoms with Crippen molar-refractivity contribution in [2.24, 2.45) is 0 Å². The second-order valence-corrected chi connectivity index (χ2v) is 8.64. The maximum absolute atomic E-state index is 12.0. The predicted molar refractivity (Wildman–Crippen MR) is 80.1 cm³/mol. The van der Waals surface area contributed by atoms with Crippen molar-refractivity contribution in [3.63, 3.8) is 0 Å². The van der Waals surface area contributed by atoms with Gasteiger partial charge in [0.15, 0.2) is 0 Å². The highest BCUT2D eigenvalue weighted by molar-refractivity contribution is 8.13. The van der Waals surface area contributed by atoms with Gasteiger partial charge in [-0.3, -0.25) is 4.79 Å². The molecule has 8 heteroatoms. The molecular formula is C12H18ClNO4S2. The number of thiophene rings is 1. The first kappa shape index (κ1) is 17.4. The Bertz CT molecular complexity index is 593. The van der Waals surface area contributed by atoms with Crippen LogP contribution in [0.15, 0.2) is 11.0 Å². The summed E-state index contributed by atoms with van der Waals surface area (Å²) in [5, 5.41) is 2.72. The number of amides is 1. The highest BCUT2D eigenvalue weighted by Gasteiger charge is 2.23. The summed E-state index contributed by atoms with van der Waals surface area (Å²) < 4.78 is 28.1.